The Bertz CT molecular complexity index is 1150. The quantitative estimate of drug-likeness (QED) is 0.163. The maximum absolute atomic E-state index is 13.5. The predicted octanol–water partition coefficient (Wildman–Crippen LogP) is 6.59. The molecule has 1 heterocycles. The molecule has 176 valence electrons. The van der Waals surface area contributed by atoms with Crippen molar-refractivity contribution >= 4 is 32.6 Å². The molecule has 0 amide bonds. The van der Waals surface area contributed by atoms with Crippen LogP contribution in [0.25, 0.3) is 22.0 Å². The average molecular weight is 516 g/mol. The molecule has 0 radical (unpaired) electrons. The summed E-state index contributed by atoms with van der Waals surface area (Å²) in [6, 6.07) is 9.41. The molecule has 0 atom stereocenters. The Kier molecular flexibility index (Phi) is 8.55. The summed E-state index contributed by atoms with van der Waals surface area (Å²) in [6.07, 6.45) is 3.36. The van der Waals surface area contributed by atoms with E-state index >= 15 is 0 Å². The molecule has 0 aliphatic heterocycles. The lowest BCUT2D eigenvalue weighted by molar-refractivity contribution is 0.0979. The molecule has 0 N–H and O–H groups in total. The van der Waals surface area contributed by atoms with Gasteiger partial charge in [-0.1, -0.05) is 41.8 Å². The lowest BCUT2D eigenvalue weighted by Crippen LogP contribution is -2.09. The Balaban J connectivity index is 2.38. The van der Waals surface area contributed by atoms with Crippen LogP contribution in [0.2, 0.25) is 0 Å². The topological polar surface area (TPSA) is 66.9 Å². The van der Waals surface area contributed by atoms with Crippen LogP contribution in [0.5, 0.6) is 23.0 Å². The number of carbonyl (C=O) groups excluding carboxylic acids is 1. The lowest BCUT2D eigenvalue weighted by atomic mass is 9.90. The number of ketones is 1. The van der Waals surface area contributed by atoms with Crippen molar-refractivity contribution in [2.75, 3.05) is 28.4 Å². The second-order valence-corrected chi connectivity index (χ2v) is 8.18. The maximum Gasteiger partial charge on any atom is 0.165 e. The number of benzene rings is 2. The smallest absolute Gasteiger partial charge is 0.165 e. The summed E-state index contributed by atoms with van der Waals surface area (Å²) in [5.41, 5.74) is 3.68. The van der Waals surface area contributed by atoms with E-state index in [1.165, 1.54) is 0 Å². The molecular formula is C26H30BrNO5. The fourth-order valence-corrected chi connectivity index (χ4v) is 4.40. The summed E-state index contributed by atoms with van der Waals surface area (Å²) in [5.74, 6) is 2.44. The molecule has 1 aromatic heterocycles. The molecule has 0 saturated heterocycles. The molecule has 0 spiro atoms. The Morgan fingerprint density at radius 2 is 1.52 bits per heavy atom. The fourth-order valence-electron chi connectivity index (χ4n) is 3.99. The zero-order valence-electron chi connectivity index (χ0n) is 19.8. The number of carbonyl (C=O) groups is 1. The van der Waals surface area contributed by atoms with Crippen molar-refractivity contribution in [3.05, 3.63) is 41.6 Å². The van der Waals surface area contributed by atoms with Gasteiger partial charge in [0.2, 0.25) is 0 Å². The number of hydrogen-bond donors (Lipinski definition) is 0. The van der Waals surface area contributed by atoms with E-state index in [1.807, 2.05) is 30.3 Å². The van der Waals surface area contributed by atoms with Crippen LogP contribution in [0.3, 0.4) is 0 Å². The van der Waals surface area contributed by atoms with Crippen molar-refractivity contribution in [1.29, 1.82) is 0 Å². The van der Waals surface area contributed by atoms with Gasteiger partial charge in [0, 0.05) is 34.3 Å². The van der Waals surface area contributed by atoms with Gasteiger partial charge in [-0.2, -0.15) is 0 Å². The second-order valence-electron chi connectivity index (χ2n) is 7.62. The maximum atomic E-state index is 13.5. The van der Waals surface area contributed by atoms with Gasteiger partial charge in [0.25, 0.3) is 0 Å². The van der Waals surface area contributed by atoms with Gasteiger partial charge in [-0.3, -0.25) is 9.78 Å². The van der Waals surface area contributed by atoms with Crippen LogP contribution in [0.1, 0.15) is 48.7 Å². The first kappa shape index (κ1) is 24.8. The number of pyridine rings is 1. The number of aromatic nitrogens is 1. The zero-order chi connectivity index (χ0) is 24.0. The third kappa shape index (κ3) is 5.08. The first-order valence-electron chi connectivity index (χ1n) is 10.9. The zero-order valence-corrected chi connectivity index (χ0v) is 21.4. The molecule has 0 bridgehead atoms. The van der Waals surface area contributed by atoms with Gasteiger partial charge in [-0.15, -0.1) is 0 Å². The van der Waals surface area contributed by atoms with Crippen molar-refractivity contribution < 1.29 is 23.7 Å². The van der Waals surface area contributed by atoms with Crippen LogP contribution >= 0.6 is 15.9 Å². The second kappa shape index (κ2) is 11.4. The standard InChI is InChI=1S/C26H30BrNO5/c1-6-7-8-9-20(29)26-19(15-27)28-18-14-24(33-5)23(32-4)13-17(18)25(26)16-10-11-21(30-2)22(12-16)31-3/h10-14H,6-9,15H2,1-5H3. The predicted molar refractivity (Wildman–Crippen MR) is 134 cm³/mol. The van der Waals surface area contributed by atoms with Crippen LogP contribution in [0.15, 0.2) is 30.3 Å². The van der Waals surface area contributed by atoms with Crippen LogP contribution in [-0.2, 0) is 5.33 Å². The number of methoxy groups -OCH3 is 4. The largest absolute Gasteiger partial charge is 0.493 e. The minimum absolute atomic E-state index is 0.0758. The van der Waals surface area contributed by atoms with E-state index < -0.39 is 0 Å². The van der Waals surface area contributed by atoms with Gasteiger partial charge in [0.15, 0.2) is 28.8 Å². The van der Waals surface area contributed by atoms with Crippen molar-refractivity contribution in [1.82, 2.24) is 4.98 Å². The Labute approximate surface area is 203 Å². The van der Waals surface area contributed by atoms with Crippen molar-refractivity contribution in [3.63, 3.8) is 0 Å². The van der Waals surface area contributed by atoms with E-state index in [0.717, 1.165) is 41.3 Å². The van der Waals surface area contributed by atoms with E-state index in [-0.39, 0.29) is 5.78 Å². The summed E-state index contributed by atoms with van der Waals surface area (Å²) in [4.78, 5) is 18.3. The average Bonchev–Trinajstić information content (AvgIpc) is 2.86. The lowest BCUT2D eigenvalue weighted by Gasteiger charge is -2.19. The number of nitrogens with zero attached hydrogens (tertiary/aromatic N) is 1. The fraction of sp³-hybridized carbons (Fsp3) is 0.385. The monoisotopic (exact) mass is 515 g/mol. The minimum Gasteiger partial charge on any atom is -0.493 e. The first-order valence-corrected chi connectivity index (χ1v) is 12.0. The Morgan fingerprint density at radius 3 is 2.12 bits per heavy atom. The van der Waals surface area contributed by atoms with Crippen molar-refractivity contribution in [2.24, 2.45) is 0 Å². The number of hydrogen-bond acceptors (Lipinski definition) is 6. The molecule has 3 rings (SSSR count). The first-order chi connectivity index (χ1) is 16.0. The van der Waals surface area contributed by atoms with Gasteiger partial charge in [-0.25, -0.2) is 0 Å². The molecule has 33 heavy (non-hydrogen) atoms. The van der Waals surface area contributed by atoms with Gasteiger partial charge >= 0.3 is 0 Å². The number of alkyl halides is 1. The van der Waals surface area contributed by atoms with Gasteiger partial charge in [0.05, 0.1) is 39.6 Å². The number of halogens is 1. The highest BCUT2D eigenvalue weighted by molar-refractivity contribution is 9.08. The molecule has 2 aromatic carbocycles. The Morgan fingerprint density at radius 1 is 0.879 bits per heavy atom. The van der Waals surface area contributed by atoms with Crippen molar-refractivity contribution in [3.8, 4) is 34.1 Å². The van der Waals surface area contributed by atoms with E-state index in [2.05, 4.69) is 22.9 Å². The highest BCUT2D eigenvalue weighted by Gasteiger charge is 2.24. The van der Waals surface area contributed by atoms with Gasteiger partial charge < -0.3 is 18.9 Å². The highest BCUT2D eigenvalue weighted by Crippen LogP contribution is 2.42. The summed E-state index contributed by atoms with van der Waals surface area (Å²) in [5, 5.41) is 1.26. The third-order valence-corrected chi connectivity index (χ3v) is 6.18. The van der Waals surface area contributed by atoms with Crippen LogP contribution < -0.4 is 18.9 Å². The molecule has 3 aromatic rings. The SMILES string of the molecule is CCCCCC(=O)c1c(CBr)nc2cc(OC)c(OC)cc2c1-c1ccc(OC)c(OC)c1. The van der Waals surface area contributed by atoms with Gasteiger partial charge in [-0.05, 0) is 30.2 Å². The number of unbranched alkanes of at least 4 members (excludes halogenated alkanes) is 2. The normalized spacial score (nSPS) is 10.8. The summed E-state index contributed by atoms with van der Waals surface area (Å²) >= 11 is 3.55. The van der Waals surface area contributed by atoms with E-state index in [9.17, 15) is 4.79 Å². The number of fused-ring (bicyclic) bond motifs is 1. The van der Waals surface area contributed by atoms with Crippen LogP contribution in [0.4, 0.5) is 0 Å². The summed E-state index contributed by atoms with van der Waals surface area (Å²) in [7, 11) is 6.38. The molecule has 0 fully saturated rings. The highest BCUT2D eigenvalue weighted by atomic mass is 79.9. The molecule has 6 nitrogen and oxygen atoms in total. The number of ether oxygens (including phenoxy) is 4. The number of rotatable bonds is 11. The van der Waals surface area contributed by atoms with E-state index in [4.69, 9.17) is 23.9 Å². The molecule has 0 saturated carbocycles. The van der Waals surface area contributed by atoms with Crippen LogP contribution in [0, 0.1) is 0 Å². The van der Waals surface area contributed by atoms with E-state index in [0.29, 0.717) is 46.0 Å². The molecule has 7 heteroatoms. The summed E-state index contributed by atoms with van der Waals surface area (Å²) in [6.45, 7) is 2.13. The molecule has 0 unspecified atom stereocenters. The third-order valence-electron chi connectivity index (χ3n) is 5.65. The Hall–Kier alpha value is -2.80. The number of Topliss-reactive ketones (excluding diaryl/α,β-unsaturated/α-hetero) is 1. The molecule has 0 aliphatic carbocycles. The van der Waals surface area contributed by atoms with Crippen LogP contribution in [-0.4, -0.2) is 39.2 Å². The molecule has 0 aliphatic rings. The van der Waals surface area contributed by atoms with E-state index in [1.54, 1.807) is 28.4 Å². The molecular weight excluding hydrogens is 486 g/mol. The summed E-state index contributed by atoms with van der Waals surface area (Å²) < 4.78 is 22.0. The van der Waals surface area contributed by atoms with Gasteiger partial charge in [0.1, 0.15) is 0 Å². The van der Waals surface area contributed by atoms with Crippen molar-refractivity contribution in [2.45, 2.75) is 37.9 Å². The minimum atomic E-state index is 0.0758.